The Hall–Kier alpha value is -1.57. The molecule has 0 fully saturated rings. The molecule has 2 heteroatoms. The van der Waals surface area contributed by atoms with Crippen LogP contribution in [0.2, 0.25) is 0 Å². The summed E-state index contributed by atoms with van der Waals surface area (Å²) in [4.78, 5) is 11.8. The standard InChI is InChI=1S/C15H20NO/c1-5-10-16-15(17)13(4)12(3)14-9-7-6-8-11(14)2/h6-9H,1,5,10H2,2-4H3,(H,16,17). The fraction of sp³-hybridized carbons (Fsp3) is 0.333. The fourth-order valence-electron chi connectivity index (χ4n) is 1.70. The Morgan fingerprint density at radius 1 is 1.29 bits per heavy atom. The first-order valence-electron chi connectivity index (χ1n) is 5.89. The van der Waals surface area contributed by atoms with Crippen LogP contribution in [0.5, 0.6) is 0 Å². The summed E-state index contributed by atoms with van der Waals surface area (Å²) in [5.41, 5.74) is 4.13. The molecule has 0 bridgehead atoms. The third-order valence-electron chi connectivity index (χ3n) is 2.91. The number of benzene rings is 1. The van der Waals surface area contributed by atoms with Gasteiger partial charge in [-0.25, -0.2) is 0 Å². The average Bonchev–Trinajstić information content (AvgIpc) is 2.34. The molecule has 0 unspecified atom stereocenters. The molecule has 0 atom stereocenters. The molecule has 1 rings (SSSR count). The Kier molecular flexibility index (Phi) is 4.95. The van der Waals surface area contributed by atoms with E-state index in [1.807, 2.05) is 32.0 Å². The van der Waals surface area contributed by atoms with E-state index in [1.165, 1.54) is 5.56 Å². The molecule has 1 aromatic carbocycles. The maximum Gasteiger partial charge on any atom is 0.247 e. The molecule has 1 radical (unpaired) electrons. The number of allylic oxidation sites excluding steroid dienone is 1. The van der Waals surface area contributed by atoms with Gasteiger partial charge in [0.15, 0.2) is 0 Å². The highest BCUT2D eigenvalue weighted by atomic mass is 16.1. The average molecular weight is 230 g/mol. The van der Waals surface area contributed by atoms with Crippen molar-refractivity contribution in [2.24, 2.45) is 0 Å². The molecule has 0 saturated heterocycles. The molecule has 0 aliphatic rings. The molecule has 0 aromatic heterocycles. The zero-order valence-electron chi connectivity index (χ0n) is 10.8. The van der Waals surface area contributed by atoms with Gasteiger partial charge in [0.25, 0.3) is 0 Å². The molecule has 91 valence electrons. The highest BCUT2D eigenvalue weighted by molar-refractivity contribution is 6.00. The van der Waals surface area contributed by atoms with Crippen molar-refractivity contribution in [2.75, 3.05) is 6.54 Å². The molecule has 0 aliphatic heterocycles. The van der Waals surface area contributed by atoms with Gasteiger partial charge in [-0.2, -0.15) is 0 Å². The molecule has 1 amide bonds. The summed E-state index contributed by atoms with van der Waals surface area (Å²) in [5.74, 6) is -0.00518. The summed E-state index contributed by atoms with van der Waals surface area (Å²) >= 11 is 0. The summed E-state index contributed by atoms with van der Waals surface area (Å²) in [6.07, 6.45) is 0.711. The van der Waals surface area contributed by atoms with E-state index < -0.39 is 0 Å². The molecule has 0 aliphatic carbocycles. The summed E-state index contributed by atoms with van der Waals surface area (Å²) in [6, 6.07) is 8.10. The number of rotatable bonds is 4. The highest BCUT2D eigenvalue weighted by Crippen LogP contribution is 2.21. The Morgan fingerprint density at radius 3 is 2.53 bits per heavy atom. The minimum absolute atomic E-state index is 0.00518. The van der Waals surface area contributed by atoms with Crippen molar-refractivity contribution < 1.29 is 4.79 Å². The van der Waals surface area contributed by atoms with Gasteiger partial charge in [-0.1, -0.05) is 31.2 Å². The predicted octanol–water partition coefficient (Wildman–Crippen LogP) is 3.13. The van der Waals surface area contributed by atoms with Gasteiger partial charge in [-0.3, -0.25) is 4.79 Å². The summed E-state index contributed by atoms with van der Waals surface area (Å²) in [7, 11) is 0. The zero-order chi connectivity index (χ0) is 12.8. The molecule has 0 heterocycles. The van der Waals surface area contributed by atoms with E-state index in [2.05, 4.69) is 25.2 Å². The fourth-order valence-corrected chi connectivity index (χ4v) is 1.70. The van der Waals surface area contributed by atoms with Crippen molar-refractivity contribution in [1.29, 1.82) is 0 Å². The van der Waals surface area contributed by atoms with Crippen molar-refractivity contribution in [3.63, 3.8) is 0 Å². The zero-order valence-corrected chi connectivity index (χ0v) is 10.8. The van der Waals surface area contributed by atoms with Crippen LogP contribution in [-0.4, -0.2) is 12.5 Å². The van der Waals surface area contributed by atoms with Gasteiger partial charge in [-0.05, 0) is 43.9 Å². The largest absolute Gasteiger partial charge is 0.352 e. The van der Waals surface area contributed by atoms with Crippen LogP contribution >= 0.6 is 0 Å². The molecule has 0 spiro atoms. The molecular weight excluding hydrogens is 210 g/mol. The summed E-state index contributed by atoms with van der Waals surface area (Å²) in [5, 5.41) is 2.84. The van der Waals surface area contributed by atoms with E-state index in [0.29, 0.717) is 13.0 Å². The number of aryl methyl sites for hydroxylation is 1. The lowest BCUT2D eigenvalue weighted by molar-refractivity contribution is -0.117. The van der Waals surface area contributed by atoms with E-state index in [9.17, 15) is 4.79 Å². The Labute approximate surface area is 104 Å². The van der Waals surface area contributed by atoms with Crippen LogP contribution < -0.4 is 5.32 Å². The van der Waals surface area contributed by atoms with Crippen LogP contribution in [0.3, 0.4) is 0 Å². The van der Waals surface area contributed by atoms with E-state index in [4.69, 9.17) is 0 Å². The minimum atomic E-state index is -0.00518. The van der Waals surface area contributed by atoms with Crippen molar-refractivity contribution in [3.05, 3.63) is 47.9 Å². The highest BCUT2D eigenvalue weighted by Gasteiger charge is 2.09. The van der Waals surface area contributed by atoms with Crippen LogP contribution in [-0.2, 0) is 4.79 Å². The van der Waals surface area contributed by atoms with Gasteiger partial charge in [0.1, 0.15) is 0 Å². The Morgan fingerprint density at radius 2 is 1.94 bits per heavy atom. The van der Waals surface area contributed by atoms with E-state index in [-0.39, 0.29) is 5.91 Å². The van der Waals surface area contributed by atoms with Gasteiger partial charge in [0.05, 0.1) is 0 Å². The van der Waals surface area contributed by atoms with E-state index >= 15 is 0 Å². The molecule has 0 saturated carbocycles. The first-order valence-corrected chi connectivity index (χ1v) is 5.89. The van der Waals surface area contributed by atoms with Crippen LogP contribution in [0.1, 0.15) is 31.4 Å². The summed E-state index contributed by atoms with van der Waals surface area (Å²) < 4.78 is 0. The topological polar surface area (TPSA) is 29.1 Å². The lowest BCUT2D eigenvalue weighted by Crippen LogP contribution is -2.25. The van der Waals surface area contributed by atoms with Gasteiger partial charge < -0.3 is 5.32 Å². The van der Waals surface area contributed by atoms with Gasteiger partial charge in [0.2, 0.25) is 5.91 Å². The van der Waals surface area contributed by atoms with Crippen molar-refractivity contribution in [1.82, 2.24) is 5.32 Å². The first kappa shape index (κ1) is 13.5. The smallest absolute Gasteiger partial charge is 0.247 e. The molecule has 1 aromatic rings. The van der Waals surface area contributed by atoms with Gasteiger partial charge in [-0.15, -0.1) is 0 Å². The lowest BCUT2D eigenvalue weighted by atomic mass is 9.98. The van der Waals surface area contributed by atoms with Crippen molar-refractivity contribution in [3.8, 4) is 0 Å². The Bertz CT molecular complexity index is 432. The quantitative estimate of drug-likeness (QED) is 0.791. The second kappa shape index (κ2) is 6.24. The number of carbonyl (C=O) groups is 1. The SMILES string of the molecule is [CH2]CCNC(=O)C(C)=C(C)c1ccccc1C. The number of hydrogen-bond acceptors (Lipinski definition) is 1. The van der Waals surface area contributed by atoms with Crippen molar-refractivity contribution in [2.45, 2.75) is 27.2 Å². The maximum atomic E-state index is 11.8. The van der Waals surface area contributed by atoms with Crippen LogP contribution in [0.25, 0.3) is 5.57 Å². The van der Waals surface area contributed by atoms with E-state index in [0.717, 1.165) is 16.7 Å². The third kappa shape index (κ3) is 3.45. The van der Waals surface area contributed by atoms with Gasteiger partial charge >= 0.3 is 0 Å². The number of amides is 1. The Balaban J connectivity index is 2.97. The summed E-state index contributed by atoms with van der Waals surface area (Å²) in [6.45, 7) is 10.2. The predicted molar refractivity (Wildman–Crippen MR) is 72.4 cm³/mol. The molecule has 1 N–H and O–H groups in total. The monoisotopic (exact) mass is 230 g/mol. The minimum Gasteiger partial charge on any atom is -0.352 e. The number of hydrogen-bond donors (Lipinski definition) is 1. The second-order valence-corrected chi connectivity index (χ2v) is 4.17. The molecular formula is C15H20NO. The molecule has 17 heavy (non-hydrogen) atoms. The third-order valence-corrected chi connectivity index (χ3v) is 2.91. The van der Waals surface area contributed by atoms with Crippen LogP contribution in [0, 0.1) is 13.8 Å². The van der Waals surface area contributed by atoms with Crippen LogP contribution in [0.15, 0.2) is 29.8 Å². The van der Waals surface area contributed by atoms with Gasteiger partial charge in [0, 0.05) is 12.1 Å². The van der Waals surface area contributed by atoms with E-state index in [1.54, 1.807) is 0 Å². The number of carbonyl (C=O) groups excluding carboxylic acids is 1. The first-order chi connectivity index (χ1) is 8.07. The second-order valence-electron chi connectivity index (χ2n) is 4.17. The normalized spacial score (nSPS) is 12.0. The van der Waals surface area contributed by atoms with Crippen molar-refractivity contribution >= 4 is 11.5 Å². The van der Waals surface area contributed by atoms with Crippen LogP contribution in [0.4, 0.5) is 0 Å². The molecule has 2 nitrogen and oxygen atoms in total. The lowest BCUT2D eigenvalue weighted by Gasteiger charge is -2.10. The number of nitrogens with one attached hydrogen (secondary N) is 1. The maximum absolute atomic E-state index is 11.8.